The summed E-state index contributed by atoms with van der Waals surface area (Å²) < 4.78 is 1.72. The van der Waals surface area contributed by atoms with E-state index in [0.717, 1.165) is 36.6 Å². The molecule has 3 rings (SSSR count). The maximum Gasteiger partial charge on any atom is 0.303 e. The van der Waals surface area contributed by atoms with Crippen molar-refractivity contribution in [3.8, 4) is 5.88 Å². The van der Waals surface area contributed by atoms with Crippen molar-refractivity contribution in [2.24, 2.45) is 10.2 Å². The van der Waals surface area contributed by atoms with Gasteiger partial charge in [-0.1, -0.05) is 31.5 Å². The molecule has 144 valence electrons. The van der Waals surface area contributed by atoms with E-state index in [1.54, 1.807) is 16.7 Å². The summed E-state index contributed by atoms with van der Waals surface area (Å²) in [7, 11) is 0. The van der Waals surface area contributed by atoms with E-state index in [2.05, 4.69) is 10.2 Å². The van der Waals surface area contributed by atoms with Crippen LogP contribution >= 0.6 is 0 Å². The van der Waals surface area contributed by atoms with Gasteiger partial charge < -0.3 is 9.67 Å². The molecule has 1 N–H and O–H groups in total. The fourth-order valence-electron chi connectivity index (χ4n) is 2.87. The Bertz CT molecular complexity index is 1090. The number of hydrogen-bond acceptors (Lipinski definition) is 7. The normalized spacial score (nSPS) is 11.3. The predicted octanol–water partition coefficient (Wildman–Crippen LogP) is 5.38. The first-order chi connectivity index (χ1) is 13.4. The van der Waals surface area contributed by atoms with Crippen molar-refractivity contribution in [3.05, 3.63) is 62.7 Å². The maximum absolute atomic E-state index is 11.2. The molecule has 0 radical (unpaired) electrons. The van der Waals surface area contributed by atoms with Gasteiger partial charge in [0.05, 0.1) is 21.4 Å². The molecule has 0 spiro atoms. The van der Waals surface area contributed by atoms with Gasteiger partial charge >= 0.3 is 5.69 Å². The maximum atomic E-state index is 11.2. The molecule has 10 heteroatoms. The van der Waals surface area contributed by atoms with Crippen LogP contribution in [0.3, 0.4) is 0 Å². The zero-order valence-corrected chi connectivity index (χ0v) is 15.0. The molecular formula is C18H17N5O5. The Kier molecular flexibility index (Phi) is 5.30. The first-order valence-corrected chi connectivity index (χ1v) is 8.58. The summed E-state index contributed by atoms with van der Waals surface area (Å²) in [6.07, 6.45) is 1.80. The number of aryl methyl sites for hydroxylation is 1. The van der Waals surface area contributed by atoms with Crippen LogP contribution in [-0.4, -0.2) is 19.5 Å². The standard InChI is InChI=1S/C18H17N5O5/c1-2-3-10-21-15-7-5-4-6-13(15)17(18(21)24)20-19-14-9-8-12(22(25)26)11-16(14)23(27)28/h4-9,11,24H,2-3,10H2,1H3. The Morgan fingerprint density at radius 2 is 1.82 bits per heavy atom. The van der Waals surface area contributed by atoms with Gasteiger partial charge in [0, 0.05) is 18.0 Å². The summed E-state index contributed by atoms with van der Waals surface area (Å²) in [5, 5.41) is 41.3. The third kappa shape index (κ3) is 3.52. The number of azo groups is 1. The van der Waals surface area contributed by atoms with Gasteiger partial charge in [-0.15, -0.1) is 10.2 Å². The highest BCUT2D eigenvalue weighted by Crippen LogP contribution is 2.40. The van der Waals surface area contributed by atoms with Crippen molar-refractivity contribution in [2.45, 2.75) is 26.3 Å². The highest BCUT2D eigenvalue weighted by molar-refractivity contribution is 5.95. The minimum atomic E-state index is -0.758. The molecule has 2 aromatic carbocycles. The Morgan fingerprint density at radius 3 is 2.50 bits per heavy atom. The number of aromatic nitrogens is 1. The summed E-state index contributed by atoms with van der Waals surface area (Å²) >= 11 is 0. The average Bonchev–Trinajstić information content (AvgIpc) is 2.95. The zero-order chi connectivity index (χ0) is 20.3. The van der Waals surface area contributed by atoms with E-state index in [0.29, 0.717) is 11.9 Å². The van der Waals surface area contributed by atoms with Gasteiger partial charge in [0.15, 0.2) is 11.4 Å². The third-order valence-corrected chi connectivity index (χ3v) is 4.28. The van der Waals surface area contributed by atoms with Crippen molar-refractivity contribution in [3.63, 3.8) is 0 Å². The van der Waals surface area contributed by atoms with Crippen molar-refractivity contribution >= 4 is 33.7 Å². The minimum Gasteiger partial charge on any atom is -0.493 e. The summed E-state index contributed by atoms with van der Waals surface area (Å²) in [5.41, 5.74) is -0.114. The van der Waals surface area contributed by atoms with Crippen molar-refractivity contribution in [1.29, 1.82) is 0 Å². The number of nitro groups is 2. The van der Waals surface area contributed by atoms with E-state index in [4.69, 9.17) is 0 Å². The van der Waals surface area contributed by atoms with Crippen molar-refractivity contribution < 1.29 is 15.0 Å². The number of nitrogens with zero attached hydrogens (tertiary/aromatic N) is 5. The van der Waals surface area contributed by atoms with Crippen LogP contribution in [0.25, 0.3) is 10.9 Å². The number of unbranched alkanes of at least 4 members (excludes halogenated alkanes) is 1. The number of para-hydroxylation sites is 1. The van der Waals surface area contributed by atoms with Crippen LogP contribution in [0.5, 0.6) is 5.88 Å². The van der Waals surface area contributed by atoms with Gasteiger partial charge in [-0.2, -0.15) is 0 Å². The van der Waals surface area contributed by atoms with Gasteiger partial charge in [-0.05, 0) is 18.6 Å². The van der Waals surface area contributed by atoms with E-state index in [-0.39, 0.29) is 17.3 Å². The summed E-state index contributed by atoms with van der Waals surface area (Å²) in [5.74, 6) is -0.0806. The molecule has 1 heterocycles. The number of nitro benzene ring substituents is 2. The summed E-state index contributed by atoms with van der Waals surface area (Å²) in [6.45, 7) is 2.63. The van der Waals surface area contributed by atoms with Crippen LogP contribution in [0.15, 0.2) is 52.7 Å². The monoisotopic (exact) mass is 383 g/mol. The molecule has 0 amide bonds. The summed E-state index contributed by atoms with van der Waals surface area (Å²) in [4.78, 5) is 20.6. The Balaban J connectivity index is 2.08. The van der Waals surface area contributed by atoms with Crippen molar-refractivity contribution in [2.75, 3.05) is 0 Å². The fourth-order valence-corrected chi connectivity index (χ4v) is 2.87. The lowest BCUT2D eigenvalue weighted by molar-refractivity contribution is -0.393. The van der Waals surface area contributed by atoms with Gasteiger partial charge in [0.2, 0.25) is 5.88 Å². The second kappa shape index (κ2) is 7.82. The highest BCUT2D eigenvalue weighted by Gasteiger charge is 2.20. The molecule has 0 atom stereocenters. The SMILES string of the molecule is CCCCn1c(O)c(N=Nc2ccc([N+](=O)[O-])cc2[N+](=O)[O-])c2ccccc21. The second-order valence-corrected chi connectivity index (χ2v) is 6.08. The van der Waals surface area contributed by atoms with Crippen LogP contribution in [0.2, 0.25) is 0 Å². The first-order valence-electron chi connectivity index (χ1n) is 8.58. The van der Waals surface area contributed by atoms with Crippen LogP contribution < -0.4 is 0 Å². The molecule has 0 aliphatic heterocycles. The molecule has 0 fully saturated rings. The van der Waals surface area contributed by atoms with E-state index in [1.165, 1.54) is 0 Å². The average molecular weight is 383 g/mol. The molecule has 0 aliphatic rings. The molecule has 0 saturated heterocycles. The van der Waals surface area contributed by atoms with Crippen LogP contribution in [0.4, 0.5) is 22.7 Å². The zero-order valence-electron chi connectivity index (χ0n) is 15.0. The number of fused-ring (bicyclic) bond motifs is 1. The molecule has 0 unspecified atom stereocenters. The lowest BCUT2D eigenvalue weighted by Gasteiger charge is -2.05. The molecule has 10 nitrogen and oxygen atoms in total. The topological polar surface area (TPSA) is 136 Å². The molecule has 0 bridgehead atoms. The lowest BCUT2D eigenvalue weighted by atomic mass is 10.2. The van der Waals surface area contributed by atoms with E-state index < -0.39 is 21.2 Å². The van der Waals surface area contributed by atoms with Crippen molar-refractivity contribution in [1.82, 2.24) is 4.57 Å². The fraction of sp³-hybridized carbons (Fsp3) is 0.222. The Labute approximate surface area is 159 Å². The quantitative estimate of drug-likeness (QED) is 0.332. The van der Waals surface area contributed by atoms with Gasteiger partial charge in [-0.25, -0.2) is 0 Å². The van der Waals surface area contributed by atoms with Gasteiger partial charge in [0.1, 0.15) is 0 Å². The molecule has 28 heavy (non-hydrogen) atoms. The van der Waals surface area contributed by atoms with Crippen LogP contribution in [0.1, 0.15) is 19.8 Å². The Hall–Kier alpha value is -3.82. The minimum absolute atomic E-state index is 0.0806. The molecular weight excluding hydrogens is 366 g/mol. The van der Waals surface area contributed by atoms with Crippen LogP contribution in [-0.2, 0) is 6.54 Å². The summed E-state index contributed by atoms with van der Waals surface area (Å²) in [6, 6.07) is 10.4. The number of rotatable bonds is 7. The second-order valence-electron chi connectivity index (χ2n) is 6.08. The number of benzene rings is 2. The highest BCUT2D eigenvalue weighted by atomic mass is 16.6. The molecule has 0 aliphatic carbocycles. The smallest absolute Gasteiger partial charge is 0.303 e. The van der Waals surface area contributed by atoms with Gasteiger partial charge in [0.25, 0.3) is 5.69 Å². The molecule has 1 aromatic heterocycles. The largest absolute Gasteiger partial charge is 0.493 e. The van der Waals surface area contributed by atoms with E-state index in [9.17, 15) is 25.3 Å². The third-order valence-electron chi connectivity index (χ3n) is 4.28. The first kappa shape index (κ1) is 19.0. The van der Waals surface area contributed by atoms with Gasteiger partial charge in [-0.3, -0.25) is 20.2 Å². The number of aromatic hydroxyl groups is 1. The Morgan fingerprint density at radius 1 is 1.07 bits per heavy atom. The number of non-ortho nitro benzene ring substituents is 1. The van der Waals surface area contributed by atoms with E-state index >= 15 is 0 Å². The molecule has 0 saturated carbocycles. The molecule has 3 aromatic rings. The van der Waals surface area contributed by atoms with Crippen LogP contribution in [0, 0.1) is 20.2 Å². The number of hydrogen-bond donors (Lipinski definition) is 1. The predicted molar refractivity (Wildman–Crippen MR) is 102 cm³/mol. The lowest BCUT2D eigenvalue weighted by Crippen LogP contribution is -1.96. The van der Waals surface area contributed by atoms with E-state index in [1.807, 2.05) is 19.1 Å².